The van der Waals surface area contributed by atoms with E-state index in [-0.39, 0.29) is 0 Å². The van der Waals surface area contributed by atoms with E-state index in [9.17, 15) is 27.6 Å². The fourth-order valence-electron chi connectivity index (χ4n) is 3.40. The van der Waals surface area contributed by atoms with Gasteiger partial charge in [-0.2, -0.15) is 13.2 Å². The largest absolute Gasteiger partial charge is 0.416 e. The molecule has 0 bridgehead atoms. The van der Waals surface area contributed by atoms with E-state index in [0.29, 0.717) is 11.1 Å². The van der Waals surface area contributed by atoms with Crippen LogP contribution in [0.2, 0.25) is 0 Å². The van der Waals surface area contributed by atoms with Crippen molar-refractivity contribution in [2.45, 2.75) is 38.5 Å². The Morgan fingerprint density at radius 2 is 1.68 bits per heavy atom. The highest BCUT2D eigenvalue weighted by atomic mass is 19.4. The van der Waals surface area contributed by atoms with Gasteiger partial charge in [0.1, 0.15) is 12.1 Å². The lowest BCUT2D eigenvalue weighted by atomic mass is 9.91. The van der Waals surface area contributed by atoms with Crippen molar-refractivity contribution >= 4 is 17.8 Å². The number of hydrogen-bond donors (Lipinski definition) is 2. The first-order chi connectivity index (χ1) is 14.4. The van der Waals surface area contributed by atoms with Gasteiger partial charge in [0.2, 0.25) is 5.91 Å². The number of hydrogen-bond acceptors (Lipinski definition) is 3. The average Bonchev–Trinajstić information content (AvgIpc) is 2.91. The molecule has 9 heteroatoms. The smallest absolute Gasteiger partial charge is 0.348 e. The maximum absolute atomic E-state index is 12.9. The van der Waals surface area contributed by atoms with Crippen molar-refractivity contribution in [3.63, 3.8) is 0 Å². The van der Waals surface area contributed by atoms with E-state index < -0.39 is 47.7 Å². The van der Waals surface area contributed by atoms with E-state index in [0.717, 1.165) is 22.6 Å². The molecule has 6 nitrogen and oxygen atoms in total. The molecule has 2 unspecified atom stereocenters. The van der Waals surface area contributed by atoms with Crippen LogP contribution < -0.4 is 10.6 Å². The summed E-state index contributed by atoms with van der Waals surface area (Å²) in [5.74, 6) is -1.16. The summed E-state index contributed by atoms with van der Waals surface area (Å²) in [6.45, 7) is 4.57. The number of aryl methyl sites for hydroxylation is 1. The minimum absolute atomic E-state index is 0.461. The number of imide groups is 1. The second-order valence-corrected chi connectivity index (χ2v) is 7.72. The van der Waals surface area contributed by atoms with Crippen molar-refractivity contribution in [2.24, 2.45) is 0 Å². The number of nitrogens with zero attached hydrogens (tertiary/aromatic N) is 1. The molecule has 0 aliphatic carbocycles. The Balaban J connectivity index is 1.66. The van der Waals surface area contributed by atoms with E-state index in [1.165, 1.54) is 12.1 Å². The molecule has 1 fully saturated rings. The predicted molar refractivity (Wildman–Crippen MR) is 107 cm³/mol. The molecular weight excluding hydrogens is 411 g/mol. The number of urea groups is 1. The average molecular weight is 433 g/mol. The van der Waals surface area contributed by atoms with Gasteiger partial charge in [0, 0.05) is 0 Å². The summed E-state index contributed by atoms with van der Waals surface area (Å²) in [6.07, 6.45) is -4.45. The second-order valence-electron chi connectivity index (χ2n) is 7.72. The molecule has 164 valence electrons. The van der Waals surface area contributed by atoms with Gasteiger partial charge < -0.3 is 10.6 Å². The quantitative estimate of drug-likeness (QED) is 0.707. The topological polar surface area (TPSA) is 78.5 Å². The number of rotatable bonds is 5. The monoisotopic (exact) mass is 433 g/mol. The minimum atomic E-state index is -4.45. The summed E-state index contributed by atoms with van der Waals surface area (Å²) in [4.78, 5) is 38.5. The number of halogens is 3. The van der Waals surface area contributed by atoms with Crippen LogP contribution >= 0.6 is 0 Å². The number of amides is 4. The van der Waals surface area contributed by atoms with Crippen LogP contribution in [0.1, 0.15) is 42.1 Å². The molecule has 2 aromatic carbocycles. The molecule has 1 aliphatic heterocycles. The zero-order valence-corrected chi connectivity index (χ0v) is 17.2. The summed E-state index contributed by atoms with van der Waals surface area (Å²) in [5.41, 5.74) is -0.0213. The van der Waals surface area contributed by atoms with Gasteiger partial charge in [-0.05, 0) is 44.0 Å². The van der Waals surface area contributed by atoms with Gasteiger partial charge in [0.15, 0.2) is 0 Å². The van der Waals surface area contributed by atoms with Gasteiger partial charge in [-0.1, -0.05) is 42.0 Å². The Bertz CT molecular complexity index is 1000. The van der Waals surface area contributed by atoms with Crippen molar-refractivity contribution in [3.8, 4) is 0 Å². The molecule has 2 atom stereocenters. The van der Waals surface area contributed by atoms with Gasteiger partial charge in [-0.15, -0.1) is 0 Å². The van der Waals surface area contributed by atoms with E-state index in [4.69, 9.17) is 0 Å². The predicted octanol–water partition coefficient (Wildman–Crippen LogP) is 3.66. The summed E-state index contributed by atoms with van der Waals surface area (Å²) >= 11 is 0. The molecule has 3 rings (SSSR count). The molecule has 0 saturated carbocycles. The zero-order chi connectivity index (χ0) is 23.0. The molecule has 4 amide bonds. The van der Waals surface area contributed by atoms with Crippen molar-refractivity contribution in [2.75, 3.05) is 6.54 Å². The van der Waals surface area contributed by atoms with Crippen LogP contribution in [-0.2, 0) is 21.3 Å². The van der Waals surface area contributed by atoms with Crippen LogP contribution in [0, 0.1) is 6.92 Å². The molecule has 2 N–H and O–H groups in total. The van der Waals surface area contributed by atoms with Gasteiger partial charge in [-0.25, -0.2) is 4.79 Å². The number of benzene rings is 2. The fraction of sp³-hybridized carbons (Fsp3) is 0.318. The summed E-state index contributed by atoms with van der Waals surface area (Å²) in [6, 6.07) is 10.2. The molecular formula is C22H22F3N3O3. The Morgan fingerprint density at radius 1 is 1.10 bits per heavy atom. The standard InChI is InChI=1S/C22H22F3N3O3/c1-13-4-8-16(9-5-13)21(3)19(30)28(20(31)27-21)12-18(29)26-14(2)15-6-10-17(11-7-15)22(23,24)25/h4-11,14H,12H2,1-3H3,(H,26,29)(H,27,31). The number of alkyl halides is 3. The molecule has 1 saturated heterocycles. The summed E-state index contributed by atoms with van der Waals surface area (Å²) in [5, 5.41) is 5.23. The third kappa shape index (κ3) is 4.55. The lowest BCUT2D eigenvalue weighted by Crippen LogP contribution is -2.43. The maximum atomic E-state index is 12.9. The summed E-state index contributed by atoms with van der Waals surface area (Å²) < 4.78 is 38.1. The van der Waals surface area contributed by atoms with E-state index >= 15 is 0 Å². The van der Waals surface area contributed by atoms with E-state index in [1.807, 2.05) is 19.1 Å². The van der Waals surface area contributed by atoms with Crippen LogP contribution in [-0.4, -0.2) is 29.3 Å². The zero-order valence-electron chi connectivity index (χ0n) is 17.2. The highest BCUT2D eigenvalue weighted by Gasteiger charge is 2.49. The number of carbonyl (C=O) groups is 3. The minimum Gasteiger partial charge on any atom is -0.348 e. The van der Waals surface area contributed by atoms with Gasteiger partial charge in [0.25, 0.3) is 5.91 Å². The normalized spacial score (nSPS) is 19.9. The Morgan fingerprint density at radius 3 is 2.23 bits per heavy atom. The molecule has 0 radical (unpaired) electrons. The summed E-state index contributed by atoms with van der Waals surface area (Å²) in [7, 11) is 0. The molecule has 0 spiro atoms. The maximum Gasteiger partial charge on any atom is 0.416 e. The fourth-order valence-corrected chi connectivity index (χ4v) is 3.40. The highest BCUT2D eigenvalue weighted by Crippen LogP contribution is 2.30. The first kappa shape index (κ1) is 22.3. The third-order valence-electron chi connectivity index (χ3n) is 5.32. The van der Waals surface area contributed by atoms with Crippen LogP contribution in [0.3, 0.4) is 0 Å². The van der Waals surface area contributed by atoms with Crippen molar-refractivity contribution < 1.29 is 27.6 Å². The second kappa shape index (κ2) is 8.05. The number of nitrogens with one attached hydrogen (secondary N) is 2. The lowest BCUT2D eigenvalue weighted by Gasteiger charge is -2.22. The SMILES string of the molecule is Cc1ccc(C2(C)NC(=O)N(CC(=O)NC(C)c3ccc(C(F)(F)F)cc3)C2=O)cc1. The van der Waals surface area contributed by atoms with Crippen molar-refractivity contribution in [3.05, 3.63) is 70.8 Å². The Kier molecular flexibility index (Phi) is 5.80. The lowest BCUT2D eigenvalue weighted by molar-refractivity contribution is -0.137. The third-order valence-corrected chi connectivity index (χ3v) is 5.32. The van der Waals surface area contributed by atoms with Gasteiger partial charge in [-0.3, -0.25) is 14.5 Å². The molecule has 0 aromatic heterocycles. The van der Waals surface area contributed by atoms with Crippen molar-refractivity contribution in [1.82, 2.24) is 15.5 Å². The first-order valence-corrected chi connectivity index (χ1v) is 9.59. The number of carbonyl (C=O) groups excluding carboxylic acids is 3. The van der Waals surface area contributed by atoms with Gasteiger partial charge in [0.05, 0.1) is 11.6 Å². The van der Waals surface area contributed by atoms with E-state index in [1.54, 1.807) is 26.0 Å². The molecule has 2 aromatic rings. The van der Waals surface area contributed by atoms with Crippen molar-refractivity contribution in [1.29, 1.82) is 0 Å². The molecule has 31 heavy (non-hydrogen) atoms. The van der Waals surface area contributed by atoms with Crippen LogP contribution in [0.5, 0.6) is 0 Å². The molecule has 1 aliphatic rings. The Hall–Kier alpha value is -3.36. The highest BCUT2D eigenvalue weighted by molar-refractivity contribution is 6.09. The first-order valence-electron chi connectivity index (χ1n) is 9.59. The molecule has 1 heterocycles. The van der Waals surface area contributed by atoms with Crippen LogP contribution in [0.25, 0.3) is 0 Å². The van der Waals surface area contributed by atoms with Gasteiger partial charge >= 0.3 is 12.2 Å². The van der Waals surface area contributed by atoms with Crippen LogP contribution in [0.4, 0.5) is 18.0 Å². The van der Waals surface area contributed by atoms with Crippen LogP contribution in [0.15, 0.2) is 48.5 Å². The van der Waals surface area contributed by atoms with E-state index in [2.05, 4.69) is 10.6 Å². The Labute approximate surface area is 177 Å².